The van der Waals surface area contributed by atoms with Crippen LogP contribution in [0.2, 0.25) is 0 Å². The molecule has 2 rings (SSSR count). The number of rotatable bonds is 1. The molecule has 0 unspecified atom stereocenters. The van der Waals surface area contributed by atoms with Gasteiger partial charge in [-0.1, -0.05) is 24.4 Å². The van der Waals surface area contributed by atoms with E-state index >= 15 is 0 Å². The highest BCUT2D eigenvalue weighted by Gasteiger charge is 2.20. The summed E-state index contributed by atoms with van der Waals surface area (Å²) < 4.78 is 4.94. The Balaban J connectivity index is 2.08. The van der Waals surface area contributed by atoms with Gasteiger partial charge in [0, 0.05) is 12.8 Å². The normalized spacial score (nSPS) is 19.8. The van der Waals surface area contributed by atoms with Crippen LogP contribution >= 0.6 is 0 Å². The van der Waals surface area contributed by atoms with Crippen molar-refractivity contribution in [2.24, 2.45) is 0 Å². The maximum absolute atomic E-state index is 4.94. The summed E-state index contributed by atoms with van der Waals surface area (Å²) in [6, 6.07) is 0. The van der Waals surface area contributed by atoms with Crippen molar-refractivity contribution in [2.45, 2.75) is 39.0 Å². The molecule has 1 radical (unpaired) electrons. The van der Waals surface area contributed by atoms with Crippen molar-refractivity contribution < 1.29 is 4.52 Å². The molecule has 0 spiro atoms. The van der Waals surface area contributed by atoms with Gasteiger partial charge in [0.05, 0.1) is 0 Å². The van der Waals surface area contributed by atoms with Gasteiger partial charge in [0.25, 0.3) is 0 Å². The minimum Gasteiger partial charge on any atom is -0.340 e. The van der Waals surface area contributed by atoms with Gasteiger partial charge in [-0.3, -0.25) is 0 Å². The van der Waals surface area contributed by atoms with Gasteiger partial charge in [-0.2, -0.15) is 4.98 Å². The van der Waals surface area contributed by atoms with E-state index in [-0.39, 0.29) is 0 Å². The molecule has 0 aromatic carbocycles. The summed E-state index contributed by atoms with van der Waals surface area (Å²) in [6.45, 7) is 1.83. The van der Waals surface area contributed by atoms with Gasteiger partial charge in [0.1, 0.15) is 0 Å². The van der Waals surface area contributed by atoms with Gasteiger partial charge in [-0.25, -0.2) is 0 Å². The van der Waals surface area contributed by atoms with Crippen LogP contribution in [0.25, 0.3) is 0 Å². The lowest BCUT2D eigenvalue weighted by atomic mass is 9.89. The Hall–Kier alpha value is -0.860. The largest absolute Gasteiger partial charge is 0.340 e. The summed E-state index contributed by atoms with van der Waals surface area (Å²) in [5.41, 5.74) is 0. The van der Waals surface area contributed by atoms with Gasteiger partial charge in [0.2, 0.25) is 5.89 Å². The van der Waals surface area contributed by atoms with Crippen molar-refractivity contribution in [1.29, 1.82) is 0 Å². The molecule has 0 atom stereocenters. The van der Waals surface area contributed by atoms with Gasteiger partial charge >= 0.3 is 0 Å². The average Bonchev–Trinajstić information content (AvgIpc) is 2.54. The lowest BCUT2D eigenvalue weighted by molar-refractivity contribution is 0.385. The summed E-state index contributed by atoms with van der Waals surface area (Å²) in [6.07, 6.45) is 6.21. The molecule has 3 heteroatoms. The first-order chi connectivity index (χ1) is 5.86. The molecule has 1 fully saturated rings. The van der Waals surface area contributed by atoms with Crippen LogP contribution in [0.5, 0.6) is 0 Å². The standard InChI is InChI=1S/C9H13N2O/c1-7-10-9(11-12-7)8-5-3-2-4-6-8/h2-6H2,1H3. The molecule has 0 saturated heterocycles. The fourth-order valence-electron chi connectivity index (χ4n) is 1.65. The van der Waals surface area contributed by atoms with E-state index in [1.807, 2.05) is 6.92 Å². The number of hydrogen-bond donors (Lipinski definition) is 0. The van der Waals surface area contributed by atoms with Gasteiger partial charge < -0.3 is 4.52 Å². The zero-order valence-corrected chi connectivity index (χ0v) is 7.34. The second-order valence-electron chi connectivity index (χ2n) is 3.30. The second-order valence-corrected chi connectivity index (χ2v) is 3.30. The first kappa shape index (κ1) is 7.77. The molecular formula is C9H13N2O. The smallest absolute Gasteiger partial charge is 0.223 e. The molecule has 65 valence electrons. The zero-order valence-electron chi connectivity index (χ0n) is 7.34. The number of hydrogen-bond acceptors (Lipinski definition) is 3. The fraction of sp³-hybridized carbons (Fsp3) is 0.667. The van der Waals surface area contributed by atoms with Crippen LogP contribution in [0.1, 0.15) is 43.8 Å². The van der Waals surface area contributed by atoms with E-state index in [0.29, 0.717) is 5.89 Å². The van der Waals surface area contributed by atoms with E-state index in [0.717, 1.165) is 18.7 Å². The summed E-state index contributed by atoms with van der Waals surface area (Å²) in [5, 5.41) is 3.92. The Morgan fingerprint density at radius 2 is 1.92 bits per heavy atom. The van der Waals surface area contributed by atoms with E-state index in [4.69, 9.17) is 4.52 Å². The average molecular weight is 165 g/mol. The number of aryl methyl sites for hydroxylation is 1. The molecule has 0 N–H and O–H groups in total. The summed E-state index contributed by atoms with van der Waals surface area (Å²) >= 11 is 0. The van der Waals surface area contributed by atoms with Crippen LogP contribution in [-0.4, -0.2) is 10.1 Å². The predicted octanol–water partition coefficient (Wildman–Crippen LogP) is 2.26. The third kappa shape index (κ3) is 1.49. The molecule has 1 saturated carbocycles. The maximum Gasteiger partial charge on any atom is 0.223 e. The van der Waals surface area contributed by atoms with Crippen molar-refractivity contribution in [3.05, 3.63) is 17.6 Å². The number of nitrogens with zero attached hydrogens (tertiary/aromatic N) is 2. The fourth-order valence-corrected chi connectivity index (χ4v) is 1.65. The maximum atomic E-state index is 4.94. The monoisotopic (exact) mass is 165 g/mol. The summed E-state index contributed by atoms with van der Waals surface area (Å²) in [4.78, 5) is 4.22. The third-order valence-electron chi connectivity index (χ3n) is 2.30. The molecule has 3 nitrogen and oxygen atoms in total. The van der Waals surface area contributed by atoms with E-state index < -0.39 is 0 Å². The van der Waals surface area contributed by atoms with Crippen LogP contribution in [0.15, 0.2) is 4.52 Å². The number of aromatic nitrogens is 2. The molecule has 0 bridgehead atoms. The van der Waals surface area contributed by atoms with Crippen molar-refractivity contribution in [3.63, 3.8) is 0 Å². The van der Waals surface area contributed by atoms with Gasteiger partial charge in [-0.05, 0) is 12.8 Å². The summed E-state index contributed by atoms with van der Waals surface area (Å²) in [5.74, 6) is 2.88. The predicted molar refractivity (Wildman–Crippen MR) is 44.5 cm³/mol. The molecule has 0 aliphatic heterocycles. The lowest BCUT2D eigenvalue weighted by Gasteiger charge is -2.16. The third-order valence-corrected chi connectivity index (χ3v) is 2.30. The van der Waals surface area contributed by atoms with E-state index in [1.54, 1.807) is 0 Å². The van der Waals surface area contributed by atoms with Crippen LogP contribution in [0.3, 0.4) is 0 Å². The molecule has 1 aliphatic rings. The van der Waals surface area contributed by atoms with Gasteiger partial charge in [0.15, 0.2) is 5.82 Å². The SMILES string of the molecule is Cc1nc([C]2CCCCC2)no1. The molecule has 1 aromatic rings. The van der Waals surface area contributed by atoms with Crippen molar-refractivity contribution in [1.82, 2.24) is 10.1 Å². The first-order valence-corrected chi connectivity index (χ1v) is 4.51. The van der Waals surface area contributed by atoms with Crippen LogP contribution < -0.4 is 0 Å². The lowest BCUT2D eigenvalue weighted by Crippen LogP contribution is -2.06. The van der Waals surface area contributed by atoms with Crippen molar-refractivity contribution in [2.75, 3.05) is 0 Å². The Bertz CT molecular complexity index is 251. The van der Waals surface area contributed by atoms with E-state index in [9.17, 15) is 0 Å². The first-order valence-electron chi connectivity index (χ1n) is 4.51. The topological polar surface area (TPSA) is 38.9 Å². The second kappa shape index (κ2) is 3.25. The van der Waals surface area contributed by atoms with Crippen LogP contribution in [0, 0.1) is 12.8 Å². The molecule has 1 aliphatic carbocycles. The van der Waals surface area contributed by atoms with Crippen molar-refractivity contribution >= 4 is 0 Å². The highest BCUT2D eigenvalue weighted by molar-refractivity contribution is 5.14. The van der Waals surface area contributed by atoms with E-state index in [2.05, 4.69) is 10.1 Å². The Labute approximate surface area is 72.2 Å². The minimum atomic E-state index is 0.670. The highest BCUT2D eigenvalue weighted by atomic mass is 16.5. The van der Waals surface area contributed by atoms with Crippen LogP contribution in [-0.2, 0) is 0 Å². The molecule has 0 amide bonds. The molecule has 1 aromatic heterocycles. The minimum absolute atomic E-state index is 0.670. The molecule has 1 heterocycles. The Morgan fingerprint density at radius 3 is 2.50 bits per heavy atom. The quantitative estimate of drug-likeness (QED) is 0.640. The highest BCUT2D eigenvalue weighted by Crippen LogP contribution is 2.29. The zero-order chi connectivity index (χ0) is 8.39. The van der Waals surface area contributed by atoms with E-state index in [1.165, 1.54) is 25.2 Å². The molecular weight excluding hydrogens is 152 g/mol. The Morgan fingerprint density at radius 1 is 1.17 bits per heavy atom. The van der Waals surface area contributed by atoms with Crippen LogP contribution in [0.4, 0.5) is 0 Å². The van der Waals surface area contributed by atoms with Gasteiger partial charge in [-0.15, -0.1) is 0 Å². The Kier molecular flexibility index (Phi) is 2.11. The summed E-state index contributed by atoms with van der Waals surface area (Å²) in [7, 11) is 0. The van der Waals surface area contributed by atoms with Crippen molar-refractivity contribution in [3.8, 4) is 0 Å². The molecule has 12 heavy (non-hydrogen) atoms.